The van der Waals surface area contributed by atoms with E-state index in [1.165, 1.54) is 0 Å². The molecule has 0 aromatic carbocycles. The number of amides is 1. The predicted octanol–water partition coefficient (Wildman–Crippen LogP) is 1.21. The molecule has 0 spiro atoms. The number of hydrogen-bond acceptors (Lipinski definition) is 2. The Bertz CT molecular complexity index is 321. The molecular formula is C9H11F4NO3. The lowest BCUT2D eigenvalue weighted by Crippen LogP contribution is -2.46. The normalized spacial score (nSPS) is 21.0. The number of alkyl halides is 4. The Hall–Kier alpha value is -1.34. The maximum Gasteiger partial charge on any atom is 0.383 e. The van der Waals surface area contributed by atoms with E-state index in [4.69, 9.17) is 5.11 Å². The third-order valence-electron chi connectivity index (χ3n) is 2.60. The summed E-state index contributed by atoms with van der Waals surface area (Å²) in [5, 5.41) is 8.48. The molecule has 1 aliphatic rings. The molecular weight excluding hydrogens is 246 g/mol. The van der Waals surface area contributed by atoms with Gasteiger partial charge in [0.2, 0.25) is 0 Å². The molecule has 1 saturated heterocycles. The lowest BCUT2D eigenvalue weighted by molar-refractivity contribution is -0.179. The molecule has 1 rings (SSSR count). The van der Waals surface area contributed by atoms with E-state index >= 15 is 0 Å². The van der Waals surface area contributed by atoms with Crippen LogP contribution < -0.4 is 0 Å². The number of carboxylic acid groups (broad SMARTS) is 1. The smallest absolute Gasteiger partial charge is 0.383 e. The van der Waals surface area contributed by atoms with Crippen molar-refractivity contribution in [1.29, 1.82) is 0 Å². The van der Waals surface area contributed by atoms with Crippen LogP contribution in [0.4, 0.5) is 17.6 Å². The molecule has 1 N–H and O–H groups in total. The number of halogens is 4. The molecule has 1 unspecified atom stereocenters. The summed E-state index contributed by atoms with van der Waals surface area (Å²) in [6, 6.07) is 0. The van der Waals surface area contributed by atoms with Crippen LogP contribution >= 0.6 is 0 Å². The molecule has 1 fully saturated rings. The molecule has 0 aromatic heterocycles. The summed E-state index contributed by atoms with van der Waals surface area (Å²) >= 11 is 0. The molecule has 0 saturated carbocycles. The van der Waals surface area contributed by atoms with Crippen LogP contribution in [0.2, 0.25) is 0 Å². The van der Waals surface area contributed by atoms with Gasteiger partial charge in [0, 0.05) is 19.5 Å². The highest BCUT2D eigenvalue weighted by Gasteiger charge is 2.52. The van der Waals surface area contributed by atoms with Gasteiger partial charge < -0.3 is 10.0 Å². The lowest BCUT2D eigenvalue weighted by Gasteiger charge is -2.22. The number of likely N-dealkylation sites (tertiary alicyclic amines) is 1. The van der Waals surface area contributed by atoms with E-state index in [0.29, 0.717) is 4.90 Å². The van der Waals surface area contributed by atoms with Gasteiger partial charge in [-0.05, 0) is 12.3 Å². The van der Waals surface area contributed by atoms with Gasteiger partial charge in [-0.3, -0.25) is 9.59 Å². The van der Waals surface area contributed by atoms with Crippen LogP contribution in [0.15, 0.2) is 0 Å². The summed E-state index contributed by atoms with van der Waals surface area (Å²) in [5.41, 5.74) is 0. The fraction of sp³-hybridized carbons (Fsp3) is 0.778. The number of aliphatic carboxylic acids is 1. The topological polar surface area (TPSA) is 57.6 Å². The highest BCUT2D eigenvalue weighted by atomic mass is 19.3. The highest BCUT2D eigenvalue weighted by Crippen LogP contribution is 2.29. The van der Waals surface area contributed by atoms with Gasteiger partial charge in [-0.1, -0.05) is 0 Å². The first-order valence-electron chi connectivity index (χ1n) is 4.92. The summed E-state index contributed by atoms with van der Waals surface area (Å²) in [7, 11) is 0. The minimum Gasteiger partial charge on any atom is -0.481 e. The first-order chi connectivity index (χ1) is 7.75. The second-order valence-electron chi connectivity index (χ2n) is 3.93. The second kappa shape index (κ2) is 4.89. The molecule has 0 bridgehead atoms. The molecule has 0 aliphatic carbocycles. The number of rotatable bonds is 4. The zero-order chi connectivity index (χ0) is 13.2. The van der Waals surface area contributed by atoms with Crippen molar-refractivity contribution in [3.8, 4) is 0 Å². The fourth-order valence-corrected chi connectivity index (χ4v) is 1.73. The highest BCUT2D eigenvalue weighted by molar-refractivity contribution is 5.84. The third kappa shape index (κ3) is 3.07. The van der Waals surface area contributed by atoms with Gasteiger partial charge >= 0.3 is 18.3 Å². The molecule has 1 aliphatic heterocycles. The van der Waals surface area contributed by atoms with Crippen molar-refractivity contribution in [3.63, 3.8) is 0 Å². The standard InChI is InChI=1S/C9H11F4NO3/c10-7(11)9(12,13)8(17)14-2-1-5(4-14)3-6(15)16/h5,7H,1-4H2,(H,15,16). The van der Waals surface area contributed by atoms with Gasteiger partial charge in [0.1, 0.15) is 0 Å². The zero-order valence-corrected chi connectivity index (χ0v) is 8.71. The van der Waals surface area contributed by atoms with Crippen LogP contribution in [-0.2, 0) is 9.59 Å². The Morgan fingerprint density at radius 1 is 1.41 bits per heavy atom. The van der Waals surface area contributed by atoms with E-state index in [1.807, 2.05) is 0 Å². The summed E-state index contributed by atoms with van der Waals surface area (Å²) in [4.78, 5) is 22.1. The molecule has 1 amide bonds. The largest absolute Gasteiger partial charge is 0.481 e. The van der Waals surface area contributed by atoms with Crippen LogP contribution in [0.3, 0.4) is 0 Å². The number of hydrogen-bond donors (Lipinski definition) is 1. The van der Waals surface area contributed by atoms with Gasteiger partial charge in [0.15, 0.2) is 0 Å². The van der Waals surface area contributed by atoms with Gasteiger partial charge in [0.25, 0.3) is 5.91 Å². The van der Waals surface area contributed by atoms with Crippen LogP contribution in [0.25, 0.3) is 0 Å². The van der Waals surface area contributed by atoms with Crippen molar-refractivity contribution in [2.45, 2.75) is 25.2 Å². The third-order valence-corrected chi connectivity index (χ3v) is 2.60. The zero-order valence-electron chi connectivity index (χ0n) is 8.71. The van der Waals surface area contributed by atoms with Crippen LogP contribution in [0.5, 0.6) is 0 Å². The Balaban J connectivity index is 2.59. The Morgan fingerprint density at radius 3 is 2.47 bits per heavy atom. The number of carbonyl (C=O) groups is 2. The van der Waals surface area contributed by atoms with Gasteiger partial charge in [-0.15, -0.1) is 0 Å². The summed E-state index contributed by atoms with van der Waals surface area (Å²) in [6.45, 7) is -0.327. The van der Waals surface area contributed by atoms with Crippen LogP contribution in [0.1, 0.15) is 12.8 Å². The average Bonchev–Trinajstić information content (AvgIpc) is 2.63. The van der Waals surface area contributed by atoms with E-state index in [2.05, 4.69) is 0 Å². The van der Waals surface area contributed by atoms with Crippen molar-refractivity contribution < 1.29 is 32.3 Å². The van der Waals surface area contributed by atoms with Crippen LogP contribution in [0, 0.1) is 5.92 Å². The summed E-state index contributed by atoms with van der Waals surface area (Å²) < 4.78 is 49.3. The van der Waals surface area contributed by atoms with E-state index in [-0.39, 0.29) is 25.9 Å². The van der Waals surface area contributed by atoms with E-state index < -0.39 is 30.1 Å². The first-order valence-corrected chi connectivity index (χ1v) is 4.92. The van der Waals surface area contributed by atoms with Crippen molar-refractivity contribution in [1.82, 2.24) is 4.90 Å². The second-order valence-corrected chi connectivity index (χ2v) is 3.93. The molecule has 4 nitrogen and oxygen atoms in total. The Morgan fingerprint density at radius 2 is 2.00 bits per heavy atom. The Labute approximate surface area is 94.2 Å². The number of carbonyl (C=O) groups excluding carboxylic acids is 1. The average molecular weight is 257 g/mol. The van der Waals surface area contributed by atoms with Crippen LogP contribution in [-0.4, -0.2) is 47.3 Å². The van der Waals surface area contributed by atoms with Crippen molar-refractivity contribution in [2.75, 3.05) is 13.1 Å². The van der Waals surface area contributed by atoms with Crippen molar-refractivity contribution in [2.24, 2.45) is 5.92 Å². The minimum absolute atomic E-state index is 0.112. The molecule has 1 heterocycles. The quantitative estimate of drug-likeness (QED) is 0.770. The molecule has 0 aromatic rings. The van der Waals surface area contributed by atoms with E-state index in [0.717, 1.165) is 0 Å². The van der Waals surface area contributed by atoms with E-state index in [9.17, 15) is 27.2 Å². The van der Waals surface area contributed by atoms with Gasteiger partial charge in [-0.2, -0.15) is 8.78 Å². The molecule has 0 radical (unpaired) electrons. The Kier molecular flexibility index (Phi) is 3.94. The molecule has 17 heavy (non-hydrogen) atoms. The molecule has 98 valence electrons. The minimum atomic E-state index is -4.70. The van der Waals surface area contributed by atoms with Gasteiger partial charge in [0.05, 0.1) is 0 Å². The lowest BCUT2D eigenvalue weighted by atomic mass is 10.1. The van der Waals surface area contributed by atoms with Gasteiger partial charge in [-0.25, -0.2) is 8.78 Å². The fourth-order valence-electron chi connectivity index (χ4n) is 1.73. The van der Waals surface area contributed by atoms with Crippen molar-refractivity contribution >= 4 is 11.9 Å². The predicted molar refractivity (Wildman–Crippen MR) is 47.9 cm³/mol. The number of carboxylic acids is 1. The summed E-state index contributed by atoms with van der Waals surface area (Å²) in [6.07, 6.45) is -4.07. The SMILES string of the molecule is O=C(O)CC1CCN(C(=O)C(F)(F)C(F)F)C1. The number of nitrogens with zero attached hydrogens (tertiary/aromatic N) is 1. The monoisotopic (exact) mass is 257 g/mol. The maximum absolute atomic E-state index is 12.7. The summed E-state index contributed by atoms with van der Waals surface area (Å²) in [5.74, 6) is -8.19. The maximum atomic E-state index is 12.7. The van der Waals surface area contributed by atoms with E-state index in [1.54, 1.807) is 0 Å². The first kappa shape index (κ1) is 13.7. The molecule has 8 heteroatoms. The molecule has 1 atom stereocenters. The van der Waals surface area contributed by atoms with Crippen molar-refractivity contribution in [3.05, 3.63) is 0 Å².